The molecule has 0 amide bonds. The summed E-state index contributed by atoms with van der Waals surface area (Å²) < 4.78 is 4.66. The van der Waals surface area contributed by atoms with E-state index in [2.05, 4.69) is 136 Å². The summed E-state index contributed by atoms with van der Waals surface area (Å²) in [4.78, 5) is 10.2. The first-order valence-electron chi connectivity index (χ1n) is 14.2. The van der Waals surface area contributed by atoms with Crippen molar-refractivity contribution in [2.75, 3.05) is 0 Å². The van der Waals surface area contributed by atoms with Gasteiger partial charge in [-0.15, -0.1) is 0 Å². The number of hydrogen-bond acceptors (Lipinski definition) is 2. The summed E-state index contributed by atoms with van der Waals surface area (Å²) >= 11 is 0. The number of pyridine rings is 2. The van der Waals surface area contributed by atoms with Gasteiger partial charge in [0.15, 0.2) is 0 Å². The third-order valence-electron chi connectivity index (χ3n) is 8.35. The fourth-order valence-electron chi connectivity index (χ4n) is 6.62. The van der Waals surface area contributed by atoms with Crippen molar-refractivity contribution in [1.29, 1.82) is 0 Å². The van der Waals surface area contributed by atoms with Crippen molar-refractivity contribution < 1.29 is 0 Å². The van der Waals surface area contributed by atoms with Crippen LogP contribution >= 0.6 is 0 Å². The first-order valence-corrected chi connectivity index (χ1v) is 14.2. The average Bonchev–Trinajstić information content (AvgIpc) is 3.63. The predicted octanol–water partition coefficient (Wildman–Crippen LogP) is 9.47. The van der Waals surface area contributed by atoms with E-state index in [-0.39, 0.29) is 0 Å². The molecule has 9 rings (SSSR count). The molecule has 4 aromatic heterocycles. The van der Waals surface area contributed by atoms with Crippen molar-refractivity contribution in [3.8, 4) is 28.5 Å². The summed E-state index contributed by atoms with van der Waals surface area (Å²) in [5.74, 6) is 1.84. The van der Waals surface area contributed by atoms with Crippen molar-refractivity contribution in [3.05, 3.63) is 146 Å². The number of benzene rings is 5. The van der Waals surface area contributed by atoms with E-state index in [0.717, 1.165) is 50.5 Å². The fraction of sp³-hybridized carbons (Fsp3) is 0. The predicted molar refractivity (Wildman–Crippen MR) is 173 cm³/mol. The lowest BCUT2D eigenvalue weighted by molar-refractivity contribution is 1.08. The number of nitrogens with zero attached hydrogens (tertiary/aromatic N) is 4. The average molecular weight is 537 g/mol. The standard InChI is InChI=1S/C38H24N4/c1-3-13-25(14-4-1)36-37-35-28(27-17-7-9-19-30(27)42(37)38(40-36)26-15-5-2-6-16-26)22-23-32-34(35)29-18-8-10-20-31(29)41(32)33-21-11-12-24-39-33/h1-24H. The van der Waals surface area contributed by atoms with Crippen LogP contribution in [0.25, 0.3) is 77.5 Å². The van der Waals surface area contributed by atoms with Gasteiger partial charge in [0, 0.05) is 38.9 Å². The zero-order valence-electron chi connectivity index (χ0n) is 22.6. The molecule has 0 aliphatic heterocycles. The van der Waals surface area contributed by atoms with Gasteiger partial charge in [-0.2, -0.15) is 0 Å². The maximum absolute atomic E-state index is 5.43. The molecule has 42 heavy (non-hydrogen) atoms. The highest BCUT2D eigenvalue weighted by atomic mass is 15.1. The van der Waals surface area contributed by atoms with Crippen molar-refractivity contribution >= 4 is 49.0 Å². The number of hydrogen-bond donors (Lipinski definition) is 0. The van der Waals surface area contributed by atoms with Crippen molar-refractivity contribution in [2.24, 2.45) is 0 Å². The minimum Gasteiger partial charge on any atom is -0.294 e. The van der Waals surface area contributed by atoms with E-state index in [0.29, 0.717) is 0 Å². The van der Waals surface area contributed by atoms with Gasteiger partial charge in [0.1, 0.15) is 11.6 Å². The molecule has 4 heterocycles. The van der Waals surface area contributed by atoms with Gasteiger partial charge < -0.3 is 0 Å². The van der Waals surface area contributed by atoms with Crippen molar-refractivity contribution in [1.82, 2.24) is 18.9 Å². The van der Waals surface area contributed by atoms with E-state index in [1.807, 2.05) is 18.3 Å². The van der Waals surface area contributed by atoms with E-state index in [1.165, 1.54) is 26.9 Å². The normalized spacial score (nSPS) is 11.8. The molecule has 0 aliphatic carbocycles. The molecule has 0 bridgehead atoms. The molecule has 9 aromatic rings. The van der Waals surface area contributed by atoms with Gasteiger partial charge in [0.25, 0.3) is 0 Å². The van der Waals surface area contributed by atoms with Crippen LogP contribution in [0.1, 0.15) is 0 Å². The SMILES string of the molecule is c1ccc(-c2nc(-c3ccccc3)n3c4ccccc4c4ccc5c(c6ccccc6n5-c5ccccn5)c4c23)cc1. The van der Waals surface area contributed by atoms with Gasteiger partial charge in [0.05, 0.1) is 27.8 Å². The molecule has 4 heteroatoms. The van der Waals surface area contributed by atoms with Crippen LogP contribution in [-0.2, 0) is 0 Å². The molecule has 4 nitrogen and oxygen atoms in total. The topological polar surface area (TPSA) is 35.1 Å². The van der Waals surface area contributed by atoms with Crippen molar-refractivity contribution in [2.45, 2.75) is 0 Å². The number of imidazole rings is 1. The first-order chi connectivity index (χ1) is 20.9. The molecule has 0 N–H and O–H groups in total. The number of fused-ring (bicyclic) bond motifs is 10. The van der Waals surface area contributed by atoms with Crippen LogP contribution in [-0.4, -0.2) is 18.9 Å². The summed E-state index contributed by atoms with van der Waals surface area (Å²) in [6.45, 7) is 0. The Hall–Kier alpha value is -5.74. The molecule has 0 saturated heterocycles. The van der Waals surface area contributed by atoms with E-state index in [9.17, 15) is 0 Å². The lowest BCUT2D eigenvalue weighted by atomic mass is 9.98. The summed E-state index contributed by atoms with van der Waals surface area (Å²) in [5, 5.41) is 6.02. The maximum atomic E-state index is 5.43. The Bertz CT molecular complexity index is 2440. The highest BCUT2D eigenvalue weighted by Crippen LogP contribution is 2.44. The number of para-hydroxylation sites is 2. The minimum absolute atomic E-state index is 0.904. The van der Waals surface area contributed by atoms with Crippen LogP contribution < -0.4 is 0 Å². The zero-order valence-corrected chi connectivity index (χ0v) is 22.6. The summed E-state index contributed by atoms with van der Waals surface area (Å²) in [7, 11) is 0. The largest absolute Gasteiger partial charge is 0.294 e. The quantitative estimate of drug-likeness (QED) is 0.211. The third kappa shape index (κ3) is 3.17. The van der Waals surface area contributed by atoms with E-state index in [4.69, 9.17) is 9.97 Å². The Kier molecular flexibility index (Phi) is 4.87. The lowest BCUT2D eigenvalue weighted by Crippen LogP contribution is -1.97. The summed E-state index contributed by atoms with van der Waals surface area (Å²) in [6.07, 6.45) is 1.86. The Morgan fingerprint density at radius 2 is 1.12 bits per heavy atom. The molecule has 0 fully saturated rings. The molecule has 0 radical (unpaired) electrons. The Balaban J connectivity index is 1.60. The first kappa shape index (κ1) is 23.0. The van der Waals surface area contributed by atoms with Gasteiger partial charge in [-0.1, -0.05) is 109 Å². The minimum atomic E-state index is 0.904. The molecule has 0 saturated carbocycles. The fourth-order valence-corrected chi connectivity index (χ4v) is 6.62. The van der Waals surface area contributed by atoms with Crippen LogP contribution in [0.2, 0.25) is 0 Å². The van der Waals surface area contributed by atoms with Crippen LogP contribution in [0.15, 0.2) is 146 Å². The van der Waals surface area contributed by atoms with Crippen LogP contribution in [0.3, 0.4) is 0 Å². The van der Waals surface area contributed by atoms with Crippen LogP contribution in [0, 0.1) is 0 Å². The molecule has 5 aromatic carbocycles. The molecule has 0 atom stereocenters. The van der Waals surface area contributed by atoms with Gasteiger partial charge in [-0.25, -0.2) is 9.97 Å². The molecule has 0 aliphatic rings. The summed E-state index contributed by atoms with van der Waals surface area (Å²) in [5.41, 5.74) is 7.67. The third-order valence-corrected chi connectivity index (χ3v) is 8.35. The van der Waals surface area contributed by atoms with Gasteiger partial charge in [-0.05, 0) is 35.7 Å². The number of aromatic nitrogens is 4. The molecule has 196 valence electrons. The van der Waals surface area contributed by atoms with E-state index < -0.39 is 0 Å². The van der Waals surface area contributed by atoms with Gasteiger partial charge in [0.2, 0.25) is 0 Å². The highest BCUT2D eigenvalue weighted by Gasteiger charge is 2.24. The second-order valence-electron chi connectivity index (χ2n) is 10.6. The van der Waals surface area contributed by atoms with E-state index in [1.54, 1.807) is 0 Å². The molecular formula is C38H24N4. The smallest absolute Gasteiger partial charge is 0.145 e. The highest BCUT2D eigenvalue weighted by molar-refractivity contribution is 6.31. The molecule has 0 unspecified atom stereocenters. The van der Waals surface area contributed by atoms with E-state index >= 15 is 0 Å². The molecule has 0 spiro atoms. The monoisotopic (exact) mass is 536 g/mol. The lowest BCUT2D eigenvalue weighted by Gasteiger charge is -2.13. The second-order valence-corrected chi connectivity index (χ2v) is 10.6. The van der Waals surface area contributed by atoms with Gasteiger partial charge in [-0.3, -0.25) is 8.97 Å². The van der Waals surface area contributed by atoms with Crippen LogP contribution in [0.5, 0.6) is 0 Å². The Labute approximate surface area is 241 Å². The Morgan fingerprint density at radius 3 is 1.88 bits per heavy atom. The van der Waals surface area contributed by atoms with Crippen molar-refractivity contribution in [3.63, 3.8) is 0 Å². The summed E-state index contributed by atoms with van der Waals surface area (Å²) in [6, 6.07) is 49.1. The number of rotatable bonds is 3. The Morgan fingerprint density at radius 1 is 0.452 bits per heavy atom. The maximum Gasteiger partial charge on any atom is 0.145 e. The van der Waals surface area contributed by atoms with Gasteiger partial charge >= 0.3 is 0 Å². The second kappa shape index (κ2) is 8.88. The molecular weight excluding hydrogens is 512 g/mol. The van der Waals surface area contributed by atoms with Crippen LogP contribution in [0.4, 0.5) is 0 Å². The zero-order chi connectivity index (χ0) is 27.6.